The summed E-state index contributed by atoms with van der Waals surface area (Å²) in [7, 11) is 1.51. The van der Waals surface area contributed by atoms with Crippen molar-refractivity contribution in [2.75, 3.05) is 36.2 Å². The van der Waals surface area contributed by atoms with Crippen molar-refractivity contribution >= 4 is 29.1 Å². The molecule has 0 aliphatic carbocycles. The lowest BCUT2D eigenvalue weighted by atomic mass is 10.2. The summed E-state index contributed by atoms with van der Waals surface area (Å²) in [5.74, 6) is 0.667. The monoisotopic (exact) mass is 328 g/mol. The first-order chi connectivity index (χ1) is 11.6. The molecule has 0 bridgehead atoms. The second-order valence-corrected chi connectivity index (χ2v) is 5.07. The first-order valence-corrected chi connectivity index (χ1v) is 7.21. The molecule has 1 aliphatic heterocycles. The lowest BCUT2D eigenvalue weighted by molar-refractivity contribution is -0.123. The molecular formula is C16H16N4O4. The van der Waals surface area contributed by atoms with Crippen molar-refractivity contribution in [3.8, 4) is 11.5 Å². The van der Waals surface area contributed by atoms with Gasteiger partial charge in [0.15, 0.2) is 18.2 Å². The SMILES string of the molecule is COc1ccccc1NC(=O)CN1C(=O)COc2ccc(N)nc21. The molecule has 1 aliphatic rings. The molecule has 0 unspecified atom stereocenters. The van der Waals surface area contributed by atoms with Crippen LogP contribution in [0.3, 0.4) is 0 Å². The van der Waals surface area contributed by atoms with Crippen LogP contribution in [0.1, 0.15) is 0 Å². The number of nitrogens with zero attached hydrogens (tertiary/aromatic N) is 2. The van der Waals surface area contributed by atoms with Crippen molar-refractivity contribution < 1.29 is 19.1 Å². The van der Waals surface area contributed by atoms with Gasteiger partial charge in [0.25, 0.3) is 5.91 Å². The fourth-order valence-electron chi connectivity index (χ4n) is 2.34. The first-order valence-electron chi connectivity index (χ1n) is 7.21. The summed E-state index contributed by atoms with van der Waals surface area (Å²) < 4.78 is 10.5. The van der Waals surface area contributed by atoms with Crippen LogP contribution in [0.15, 0.2) is 36.4 Å². The smallest absolute Gasteiger partial charge is 0.266 e. The zero-order valence-electron chi connectivity index (χ0n) is 13.0. The van der Waals surface area contributed by atoms with E-state index in [1.165, 1.54) is 12.0 Å². The fraction of sp³-hybridized carbons (Fsp3) is 0.188. The third kappa shape index (κ3) is 3.07. The summed E-state index contributed by atoms with van der Waals surface area (Å²) in [6.07, 6.45) is 0. The standard InChI is InChI=1S/C16H16N4O4/c1-23-11-5-3-2-4-10(11)18-14(21)8-20-15(22)9-24-12-6-7-13(17)19-16(12)20/h2-7H,8-9H2,1H3,(H2,17,19)(H,18,21). The van der Waals surface area contributed by atoms with E-state index in [1.54, 1.807) is 36.4 Å². The van der Waals surface area contributed by atoms with E-state index in [9.17, 15) is 9.59 Å². The maximum absolute atomic E-state index is 12.3. The topological polar surface area (TPSA) is 107 Å². The predicted molar refractivity (Wildman–Crippen MR) is 88.1 cm³/mol. The number of carbonyl (C=O) groups is 2. The third-order valence-corrected chi connectivity index (χ3v) is 3.45. The molecule has 0 radical (unpaired) electrons. The minimum absolute atomic E-state index is 0.152. The summed E-state index contributed by atoms with van der Waals surface area (Å²) in [6.45, 7) is -0.357. The number of nitrogen functional groups attached to an aromatic ring is 1. The van der Waals surface area contributed by atoms with Gasteiger partial charge in [0.1, 0.15) is 18.1 Å². The van der Waals surface area contributed by atoms with Gasteiger partial charge in [-0.2, -0.15) is 0 Å². The van der Waals surface area contributed by atoms with Gasteiger partial charge < -0.3 is 20.5 Å². The van der Waals surface area contributed by atoms with E-state index < -0.39 is 0 Å². The van der Waals surface area contributed by atoms with Crippen molar-refractivity contribution in [3.05, 3.63) is 36.4 Å². The van der Waals surface area contributed by atoms with Crippen LogP contribution in [-0.2, 0) is 9.59 Å². The Labute approximate surface area is 138 Å². The Morgan fingerprint density at radius 3 is 2.96 bits per heavy atom. The van der Waals surface area contributed by atoms with Gasteiger partial charge in [-0.05, 0) is 24.3 Å². The number of benzene rings is 1. The largest absolute Gasteiger partial charge is 0.495 e. The van der Waals surface area contributed by atoms with E-state index in [2.05, 4.69) is 10.3 Å². The molecule has 2 heterocycles. The second kappa shape index (κ2) is 6.45. The number of para-hydroxylation sites is 2. The van der Waals surface area contributed by atoms with E-state index >= 15 is 0 Å². The van der Waals surface area contributed by atoms with E-state index in [-0.39, 0.29) is 36.6 Å². The lowest BCUT2D eigenvalue weighted by Crippen LogP contribution is -2.44. The Morgan fingerprint density at radius 2 is 2.17 bits per heavy atom. The van der Waals surface area contributed by atoms with Gasteiger partial charge in [0.05, 0.1) is 12.8 Å². The van der Waals surface area contributed by atoms with Crippen molar-refractivity contribution in [1.82, 2.24) is 4.98 Å². The molecule has 124 valence electrons. The van der Waals surface area contributed by atoms with Gasteiger partial charge in [-0.25, -0.2) is 4.98 Å². The highest BCUT2D eigenvalue weighted by molar-refractivity contribution is 6.04. The number of nitrogens with one attached hydrogen (secondary N) is 1. The van der Waals surface area contributed by atoms with Crippen LogP contribution in [0.4, 0.5) is 17.3 Å². The molecule has 2 aromatic rings. The zero-order valence-corrected chi connectivity index (χ0v) is 13.0. The van der Waals surface area contributed by atoms with Crippen molar-refractivity contribution in [3.63, 3.8) is 0 Å². The van der Waals surface area contributed by atoms with Crippen LogP contribution in [0.5, 0.6) is 11.5 Å². The number of pyridine rings is 1. The number of hydrogen-bond acceptors (Lipinski definition) is 6. The Morgan fingerprint density at radius 1 is 1.38 bits per heavy atom. The summed E-state index contributed by atoms with van der Waals surface area (Å²) in [6, 6.07) is 10.2. The predicted octanol–water partition coefficient (Wildman–Crippen LogP) is 1.04. The van der Waals surface area contributed by atoms with Gasteiger partial charge in [0, 0.05) is 0 Å². The maximum atomic E-state index is 12.3. The van der Waals surface area contributed by atoms with Crippen LogP contribution in [0, 0.1) is 0 Å². The fourth-order valence-corrected chi connectivity index (χ4v) is 2.34. The molecule has 1 aromatic carbocycles. The number of fused-ring (bicyclic) bond motifs is 1. The molecular weight excluding hydrogens is 312 g/mol. The number of nitrogens with two attached hydrogens (primary N) is 1. The van der Waals surface area contributed by atoms with Crippen molar-refractivity contribution in [1.29, 1.82) is 0 Å². The zero-order chi connectivity index (χ0) is 17.1. The van der Waals surface area contributed by atoms with Crippen LogP contribution in [0.25, 0.3) is 0 Å². The first kappa shape index (κ1) is 15.6. The minimum atomic E-state index is -0.384. The normalized spacial score (nSPS) is 13.0. The van der Waals surface area contributed by atoms with Crippen LogP contribution >= 0.6 is 0 Å². The van der Waals surface area contributed by atoms with E-state index in [4.69, 9.17) is 15.2 Å². The van der Waals surface area contributed by atoms with Gasteiger partial charge in [0.2, 0.25) is 5.91 Å². The van der Waals surface area contributed by atoms with Crippen molar-refractivity contribution in [2.45, 2.75) is 0 Å². The second-order valence-electron chi connectivity index (χ2n) is 5.07. The molecule has 3 rings (SSSR count). The molecule has 0 spiro atoms. The van der Waals surface area contributed by atoms with E-state index in [1.807, 2.05) is 0 Å². The number of amides is 2. The highest BCUT2D eigenvalue weighted by atomic mass is 16.5. The average molecular weight is 328 g/mol. The summed E-state index contributed by atoms with van der Waals surface area (Å²) in [5.41, 5.74) is 6.18. The number of methoxy groups -OCH3 is 1. The Kier molecular flexibility index (Phi) is 4.19. The Balaban J connectivity index is 1.79. The van der Waals surface area contributed by atoms with E-state index in [0.717, 1.165) is 0 Å². The number of rotatable bonds is 4. The van der Waals surface area contributed by atoms with Gasteiger partial charge in [-0.1, -0.05) is 12.1 Å². The highest BCUT2D eigenvalue weighted by Crippen LogP contribution is 2.30. The molecule has 8 heteroatoms. The average Bonchev–Trinajstić information content (AvgIpc) is 2.58. The molecule has 1 aromatic heterocycles. The molecule has 8 nitrogen and oxygen atoms in total. The quantitative estimate of drug-likeness (QED) is 0.868. The summed E-state index contributed by atoms with van der Waals surface area (Å²) in [5, 5.41) is 2.72. The number of aromatic nitrogens is 1. The molecule has 0 saturated heterocycles. The van der Waals surface area contributed by atoms with Crippen LogP contribution in [-0.4, -0.2) is 37.1 Å². The molecule has 0 atom stereocenters. The lowest BCUT2D eigenvalue weighted by Gasteiger charge is -2.27. The van der Waals surface area contributed by atoms with Crippen LogP contribution in [0.2, 0.25) is 0 Å². The number of anilines is 3. The Bertz CT molecular complexity index is 793. The summed E-state index contributed by atoms with van der Waals surface area (Å²) >= 11 is 0. The summed E-state index contributed by atoms with van der Waals surface area (Å²) in [4.78, 5) is 29.8. The van der Waals surface area contributed by atoms with Crippen LogP contribution < -0.4 is 25.4 Å². The molecule has 0 fully saturated rings. The van der Waals surface area contributed by atoms with Gasteiger partial charge >= 0.3 is 0 Å². The third-order valence-electron chi connectivity index (χ3n) is 3.45. The molecule has 0 saturated carbocycles. The number of hydrogen-bond donors (Lipinski definition) is 2. The minimum Gasteiger partial charge on any atom is -0.495 e. The highest BCUT2D eigenvalue weighted by Gasteiger charge is 2.29. The van der Waals surface area contributed by atoms with E-state index in [0.29, 0.717) is 17.2 Å². The maximum Gasteiger partial charge on any atom is 0.266 e. The molecule has 24 heavy (non-hydrogen) atoms. The van der Waals surface area contributed by atoms with Crippen molar-refractivity contribution in [2.24, 2.45) is 0 Å². The number of carbonyl (C=O) groups excluding carboxylic acids is 2. The molecule has 3 N–H and O–H groups in total. The van der Waals surface area contributed by atoms with Gasteiger partial charge in [-0.15, -0.1) is 0 Å². The van der Waals surface area contributed by atoms with Gasteiger partial charge in [-0.3, -0.25) is 14.5 Å². The Hall–Kier alpha value is -3.29. The number of ether oxygens (including phenoxy) is 2. The molecule has 2 amide bonds.